The van der Waals surface area contributed by atoms with Gasteiger partial charge in [0.25, 0.3) is 5.91 Å². The average Bonchev–Trinajstić information content (AvgIpc) is 3.44. The highest BCUT2D eigenvalue weighted by molar-refractivity contribution is 6.31. The summed E-state index contributed by atoms with van der Waals surface area (Å²) in [5, 5.41) is 3.54. The second-order valence-electron chi connectivity index (χ2n) is 11.4. The first-order chi connectivity index (χ1) is 20.0. The van der Waals surface area contributed by atoms with E-state index in [1.165, 1.54) is 4.90 Å². The number of likely N-dealkylation sites (tertiary alicyclic amines) is 2. The lowest BCUT2D eigenvalue weighted by Gasteiger charge is -2.41. The van der Waals surface area contributed by atoms with E-state index >= 15 is 0 Å². The normalized spacial score (nSPS) is 21.4. The number of nitrogens with one attached hydrogen (secondary N) is 1. The van der Waals surface area contributed by atoms with Crippen molar-refractivity contribution in [3.8, 4) is 0 Å². The minimum Gasteiger partial charge on any atom is -0.331 e. The summed E-state index contributed by atoms with van der Waals surface area (Å²) in [6.45, 7) is 4.86. The molecule has 2 fully saturated rings. The van der Waals surface area contributed by atoms with Gasteiger partial charge in [0.2, 0.25) is 5.91 Å². The minimum atomic E-state index is -4.25. The Labute approximate surface area is 249 Å². The number of halogens is 4. The zero-order valence-corrected chi connectivity index (χ0v) is 24.5. The van der Waals surface area contributed by atoms with Crippen molar-refractivity contribution in [2.24, 2.45) is 5.92 Å². The molecular formula is C33H35ClF3N3O2. The second-order valence-corrected chi connectivity index (χ2v) is 11.8. The summed E-state index contributed by atoms with van der Waals surface area (Å²) < 4.78 is 40.5. The fourth-order valence-electron chi connectivity index (χ4n) is 6.22. The standard InChI is InChI=1S/C33H35ClF3N3O2/c1-21-7-3-4-8-26(21)32(42)40-18-5-9-27(31(41)38-25-16-11-22(2)28(34)19-25)30(40)24-14-12-23(13-15-24)20-39-17-6-10-29(39)33(35,36)37/h3-4,7-8,11-16,19,27,29-30H,5-6,9-10,17-18,20H2,1-2H3,(H,38,41)/t27-,29+,30-/m0/s1. The molecule has 2 heterocycles. The van der Waals surface area contributed by atoms with Crippen molar-refractivity contribution in [1.29, 1.82) is 0 Å². The lowest BCUT2D eigenvalue weighted by atomic mass is 9.83. The lowest BCUT2D eigenvalue weighted by Crippen LogP contribution is -2.46. The minimum absolute atomic E-state index is 0.114. The summed E-state index contributed by atoms with van der Waals surface area (Å²) in [5.74, 6) is -0.898. The molecule has 0 saturated carbocycles. The highest BCUT2D eigenvalue weighted by atomic mass is 35.5. The van der Waals surface area contributed by atoms with Gasteiger partial charge >= 0.3 is 6.18 Å². The van der Waals surface area contributed by atoms with Crippen LogP contribution in [0.3, 0.4) is 0 Å². The summed E-state index contributed by atoms with van der Waals surface area (Å²) in [5.41, 5.74) is 4.45. The molecule has 1 N–H and O–H groups in total. The molecule has 2 amide bonds. The number of aryl methyl sites for hydroxylation is 2. The lowest BCUT2D eigenvalue weighted by molar-refractivity contribution is -0.177. The molecule has 42 heavy (non-hydrogen) atoms. The number of hydrogen-bond acceptors (Lipinski definition) is 3. The Hall–Kier alpha value is -3.36. The van der Waals surface area contributed by atoms with Crippen LogP contribution in [-0.4, -0.2) is 46.9 Å². The number of piperidine rings is 1. The van der Waals surface area contributed by atoms with Crippen molar-refractivity contribution in [2.45, 2.75) is 64.3 Å². The van der Waals surface area contributed by atoms with E-state index < -0.39 is 24.2 Å². The van der Waals surface area contributed by atoms with E-state index in [-0.39, 0.29) is 24.8 Å². The largest absolute Gasteiger partial charge is 0.404 e. The molecule has 0 radical (unpaired) electrons. The molecule has 2 aliphatic rings. The van der Waals surface area contributed by atoms with Gasteiger partial charge in [-0.1, -0.05) is 60.1 Å². The van der Waals surface area contributed by atoms with E-state index in [0.717, 1.165) is 22.3 Å². The van der Waals surface area contributed by atoms with Crippen LogP contribution in [0.25, 0.3) is 0 Å². The number of benzene rings is 3. The first-order valence-electron chi connectivity index (χ1n) is 14.4. The summed E-state index contributed by atoms with van der Waals surface area (Å²) in [6, 6.07) is 18.1. The molecule has 2 aliphatic heterocycles. The third kappa shape index (κ3) is 6.50. The van der Waals surface area contributed by atoms with E-state index in [0.29, 0.717) is 48.6 Å². The van der Waals surface area contributed by atoms with Crippen molar-refractivity contribution in [3.05, 3.63) is 99.6 Å². The summed E-state index contributed by atoms with van der Waals surface area (Å²) in [6.07, 6.45) is -2.38. The van der Waals surface area contributed by atoms with Crippen molar-refractivity contribution in [1.82, 2.24) is 9.80 Å². The first kappa shape index (κ1) is 30.1. The highest BCUT2D eigenvalue weighted by Gasteiger charge is 2.45. The first-order valence-corrected chi connectivity index (χ1v) is 14.7. The van der Waals surface area contributed by atoms with Crippen molar-refractivity contribution < 1.29 is 22.8 Å². The zero-order chi connectivity index (χ0) is 30.0. The van der Waals surface area contributed by atoms with Crippen LogP contribution in [0.1, 0.15) is 64.3 Å². The van der Waals surface area contributed by atoms with Crippen LogP contribution in [0.5, 0.6) is 0 Å². The molecule has 0 bridgehead atoms. The van der Waals surface area contributed by atoms with Crippen molar-refractivity contribution in [3.63, 3.8) is 0 Å². The SMILES string of the molecule is Cc1ccc(NC(=O)[C@H]2CCCN(C(=O)c3ccccc3C)[C@H]2c2ccc(CN3CCC[C@@H]3C(F)(F)F)cc2)cc1Cl. The fraction of sp³-hybridized carbons (Fsp3) is 0.394. The van der Waals surface area contributed by atoms with Gasteiger partial charge in [-0.15, -0.1) is 0 Å². The average molecular weight is 598 g/mol. The molecule has 2 saturated heterocycles. The van der Waals surface area contributed by atoms with Crippen LogP contribution < -0.4 is 5.32 Å². The molecule has 222 valence electrons. The molecule has 0 unspecified atom stereocenters. The summed E-state index contributed by atoms with van der Waals surface area (Å²) in [7, 11) is 0. The number of alkyl halides is 3. The number of anilines is 1. The molecule has 3 aromatic carbocycles. The van der Waals surface area contributed by atoms with E-state index in [1.807, 2.05) is 62.4 Å². The Kier molecular flexibility index (Phi) is 8.94. The third-order valence-corrected chi connectivity index (χ3v) is 8.90. The molecular weight excluding hydrogens is 563 g/mol. The van der Waals surface area contributed by atoms with Gasteiger partial charge in [-0.25, -0.2) is 0 Å². The van der Waals surface area contributed by atoms with Gasteiger partial charge in [0.05, 0.1) is 12.0 Å². The predicted octanol–water partition coefficient (Wildman–Crippen LogP) is 7.72. The molecule has 3 atom stereocenters. The maximum atomic E-state index is 13.9. The Bertz CT molecular complexity index is 1440. The number of rotatable bonds is 6. The predicted molar refractivity (Wildman–Crippen MR) is 158 cm³/mol. The van der Waals surface area contributed by atoms with Crippen LogP contribution in [0.4, 0.5) is 18.9 Å². The molecule has 3 aromatic rings. The number of carbonyl (C=O) groups is 2. The second kappa shape index (κ2) is 12.5. The number of nitrogens with zero attached hydrogens (tertiary/aromatic N) is 2. The molecule has 5 nitrogen and oxygen atoms in total. The molecule has 0 aliphatic carbocycles. The van der Waals surface area contributed by atoms with Gasteiger partial charge < -0.3 is 10.2 Å². The Morgan fingerprint density at radius 1 is 0.929 bits per heavy atom. The number of hydrogen-bond donors (Lipinski definition) is 1. The van der Waals surface area contributed by atoms with Crippen LogP contribution in [-0.2, 0) is 11.3 Å². The third-order valence-electron chi connectivity index (χ3n) is 8.49. The molecule has 0 aromatic heterocycles. The van der Waals surface area contributed by atoms with Crippen LogP contribution in [0.2, 0.25) is 5.02 Å². The van der Waals surface area contributed by atoms with Gasteiger partial charge in [0.15, 0.2) is 0 Å². The van der Waals surface area contributed by atoms with E-state index in [9.17, 15) is 22.8 Å². The fourth-order valence-corrected chi connectivity index (χ4v) is 6.40. The zero-order valence-electron chi connectivity index (χ0n) is 23.8. The Morgan fingerprint density at radius 2 is 1.64 bits per heavy atom. The maximum Gasteiger partial charge on any atom is 0.404 e. The monoisotopic (exact) mass is 597 g/mol. The maximum absolute atomic E-state index is 13.9. The van der Waals surface area contributed by atoms with Crippen LogP contribution >= 0.6 is 11.6 Å². The summed E-state index contributed by atoms with van der Waals surface area (Å²) >= 11 is 6.29. The van der Waals surface area contributed by atoms with Gasteiger partial charge in [-0.3, -0.25) is 14.5 Å². The van der Waals surface area contributed by atoms with Crippen LogP contribution in [0.15, 0.2) is 66.7 Å². The van der Waals surface area contributed by atoms with E-state index in [1.54, 1.807) is 23.1 Å². The highest BCUT2D eigenvalue weighted by Crippen LogP contribution is 2.39. The van der Waals surface area contributed by atoms with E-state index in [4.69, 9.17) is 11.6 Å². The summed E-state index contributed by atoms with van der Waals surface area (Å²) in [4.78, 5) is 30.9. The Morgan fingerprint density at radius 3 is 2.33 bits per heavy atom. The molecule has 9 heteroatoms. The van der Waals surface area contributed by atoms with E-state index in [2.05, 4.69) is 5.32 Å². The van der Waals surface area contributed by atoms with Crippen molar-refractivity contribution in [2.75, 3.05) is 18.4 Å². The molecule has 0 spiro atoms. The van der Waals surface area contributed by atoms with Gasteiger partial charge in [0.1, 0.15) is 6.04 Å². The van der Waals surface area contributed by atoms with Crippen molar-refractivity contribution >= 4 is 29.1 Å². The van der Waals surface area contributed by atoms with Gasteiger partial charge in [0, 0.05) is 29.4 Å². The Balaban J connectivity index is 1.44. The quantitative estimate of drug-likeness (QED) is 0.317. The van der Waals surface area contributed by atoms with Crippen LogP contribution in [0, 0.1) is 19.8 Å². The number of carbonyl (C=O) groups excluding carboxylic acids is 2. The number of amides is 2. The smallest absolute Gasteiger partial charge is 0.331 e. The topological polar surface area (TPSA) is 52.7 Å². The van der Waals surface area contributed by atoms with Gasteiger partial charge in [-0.2, -0.15) is 13.2 Å². The van der Waals surface area contributed by atoms with Gasteiger partial charge in [-0.05, 0) is 86.5 Å². The molecule has 5 rings (SSSR count).